The van der Waals surface area contributed by atoms with Crippen molar-refractivity contribution in [3.8, 4) is 0 Å². The van der Waals surface area contributed by atoms with Crippen molar-refractivity contribution < 1.29 is 9.90 Å². The Hall–Kier alpha value is -0.610. The molecule has 94 valence electrons. The molecule has 1 rings (SSSR count). The highest BCUT2D eigenvalue weighted by Crippen LogP contribution is 2.13. The highest BCUT2D eigenvalue weighted by molar-refractivity contribution is 5.82. The van der Waals surface area contributed by atoms with Crippen LogP contribution in [0.4, 0.5) is 0 Å². The van der Waals surface area contributed by atoms with Gasteiger partial charge in [0.05, 0.1) is 12.1 Å². The minimum Gasteiger partial charge on any atom is -0.389 e. The van der Waals surface area contributed by atoms with Gasteiger partial charge in [0.1, 0.15) is 0 Å². The van der Waals surface area contributed by atoms with Crippen LogP contribution in [0.1, 0.15) is 39.0 Å². The number of amides is 1. The number of carbonyl (C=O) groups excluding carboxylic acids is 1. The maximum atomic E-state index is 11.9. The van der Waals surface area contributed by atoms with E-state index in [2.05, 4.69) is 12.2 Å². The molecule has 1 amide bonds. The molecule has 0 aromatic heterocycles. The van der Waals surface area contributed by atoms with E-state index in [0.717, 1.165) is 12.8 Å². The van der Waals surface area contributed by atoms with E-state index in [1.807, 2.05) is 7.05 Å². The third-order valence-electron chi connectivity index (χ3n) is 3.17. The van der Waals surface area contributed by atoms with Crippen LogP contribution >= 0.6 is 0 Å². The van der Waals surface area contributed by atoms with Crippen LogP contribution in [-0.2, 0) is 4.79 Å². The molecule has 1 aliphatic heterocycles. The molecule has 1 unspecified atom stereocenters. The zero-order valence-electron chi connectivity index (χ0n) is 10.4. The fraction of sp³-hybridized carbons (Fsp3) is 0.917. The number of likely N-dealkylation sites (tertiary alicyclic amines) is 1. The minimum absolute atomic E-state index is 0.0654. The van der Waals surface area contributed by atoms with Gasteiger partial charge in [-0.2, -0.15) is 0 Å². The molecule has 4 heteroatoms. The summed E-state index contributed by atoms with van der Waals surface area (Å²) in [6.45, 7) is 3.19. The third kappa shape index (κ3) is 3.76. The molecule has 0 saturated carbocycles. The Balaban J connectivity index is 2.22. The number of nitrogens with zero attached hydrogens (tertiary/aromatic N) is 1. The summed E-state index contributed by atoms with van der Waals surface area (Å²) in [7, 11) is 1.83. The smallest absolute Gasteiger partial charge is 0.239 e. The molecule has 1 fully saturated rings. The molecule has 0 spiro atoms. The average Bonchev–Trinajstić information content (AvgIpc) is 2.24. The Morgan fingerprint density at radius 3 is 2.62 bits per heavy atom. The zero-order chi connectivity index (χ0) is 12.0. The van der Waals surface area contributed by atoms with Gasteiger partial charge in [0.2, 0.25) is 5.91 Å². The molecule has 0 bridgehead atoms. The maximum absolute atomic E-state index is 11.9. The molecule has 1 heterocycles. The van der Waals surface area contributed by atoms with Gasteiger partial charge in [-0.15, -0.1) is 0 Å². The predicted molar refractivity (Wildman–Crippen MR) is 64.2 cm³/mol. The van der Waals surface area contributed by atoms with Crippen LogP contribution in [0.15, 0.2) is 0 Å². The van der Waals surface area contributed by atoms with Gasteiger partial charge < -0.3 is 15.3 Å². The number of β-amino-alcohol motifs (C(OH)–C–C–N with tert-alkyl or cyclic N) is 1. The number of aliphatic hydroxyl groups is 1. The van der Waals surface area contributed by atoms with Crippen molar-refractivity contribution in [1.82, 2.24) is 10.2 Å². The number of nitrogens with one attached hydrogen (secondary N) is 1. The molecule has 1 aliphatic rings. The van der Waals surface area contributed by atoms with Crippen molar-refractivity contribution in [3.63, 3.8) is 0 Å². The van der Waals surface area contributed by atoms with E-state index in [1.165, 1.54) is 19.3 Å². The lowest BCUT2D eigenvalue weighted by Gasteiger charge is -2.38. The monoisotopic (exact) mass is 228 g/mol. The van der Waals surface area contributed by atoms with E-state index in [9.17, 15) is 4.79 Å². The van der Waals surface area contributed by atoms with Crippen LogP contribution in [0, 0.1) is 0 Å². The Bertz CT molecular complexity index is 215. The Morgan fingerprint density at radius 1 is 1.44 bits per heavy atom. The van der Waals surface area contributed by atoms with E-state index >= 15 is 0 Å². The lowest BCUT2D eigenvalue weighted by atomic mass is 10.0. The van der Waals surface area contributed by atoms with Crippen LogP contribution < -0.4 is 5.32 Å². The van der Waals surface area contributed by atoms with E-state index < -0.39 is 0 Å². The molecule has 0 aliphatic carbocycles. The van der Waals surface area contributed by atoms with Gasteiger partial charge in [-0.3, -0.25) is 4.79 Å². The van der Waals surface area contributed by atoms with E-state index in [-0.39, 0.29) is 18.1 Å². The van der Waals surface area contributed by atoms with Crippen molar-refractivity contribution >= 4 is 5.91 Å². The number of likely N-dealkylation sites (N-methyl/N-ethyl adjacent to an activating group) is 1. The van der Waals surface area contributed by atoms with Gasteiger partial charge in [0, 0.05) is 13.1 Å². The summed E-state index contributed by atoms with van der Waals surface area (Å²) >= 11 is 0. The highest BCUT2D eigenvalue weighted by Gasteiger charge is 2.32. The molecule has 2 N–H and O–H groups in total. The van der Waals surface area contributed by atoms with Crippen molar-refractivity contribution in [2.75, 3.05) is 20.1 Å². The molecule has 1 atom stereocenters. The molecule has 0 radical (unpaired) electrons. The molecule has 1 saturated heterocycles. The van der Waals surface area contributed by atoms with E-state index in [1.54, 1.807) is 4.90 Å². The second-order valence-electron chi connectivity index (χ2n) is 4.59. The molecular weight excluding hydrogens is 204 g/mol. The van der Waals surface area contributed by atoms with Gasteiger partial charge in [-0.05, 0) is 13.5 Å². The first-order valence-corrected chi connectivity index (χ1v) is 6.33. The normalized spacial score (nSPS) is 18.3. The first-order chi connectivity index (χ1) is 7.69. The lowest BCUT2D eigenvalue weighted by Crippen LogP contribution is -2.58. The van der Waals surface area contributed by atoms with Crippen molar-refractivity contribution in [3.05, 3.63) is 0 Å². The number of carbonyl (C=O) groups is 1. The van der Waals surface area contributed by atoms with Gasteiger partial charge >= 0.3 is 0 Å². The first kappa shape index (κ1) is 13.5. The summed E-state index contributed by atoms with van der Waals surface area (Å²) in [6.07, 6.45) is 5.36. The van der Waals surface area contributed by atoms with Crippen molar-refractivity contribution in [2.45, 2.75) is 51.2 Å². The summed E-state index contributed by atoms with van der Waals surface area (Å²) in [5.74, 6) is 0.143. The molecule has 4 nitrogen and oxygen atoms in total. The summed E-state index contributed by atoms with van der Waals surface area (Å²) in [4.78, 5) is 13.6. The number of unbranched alkanes of at least 4 members (excludes halogenated alkanes) is 3. The van der Waals surface area contributed by atoms with Crippen LogP contribution in [-0.4, -0.2) is 48.2 Å². The van der Waals surface area contributed by atoms with E-state index in [4.69, 9.17) is 5.11 Å². The summed E-state index contributed by atoms with van der Waals surface area (Å²) in [5.41, 5.74) is 0. The van der Waals surface area contributed by atoms with Crippen molar-refractivity contribution in [2.24, 2.45) is 0 Å². The predicted octanol–water partition coefficient (Wildman–Crippen LogP) is 0.748. The minimum atomic E-state index is -0.304. The fourth-order valence-corrected chi connectivity index (χ4v) is 2.02. The van der Waals surface area contributed by atoms with Crippen LogP contribution in [0.2, 0.25) is 0 Å². The largest absolute Gasteiger partial charge is 0.389 e. The quantitative estimate of drug-likeness (QED) is 0.632. The fourth-order valence-electron chi connectivity index (χ4n) is 2.02. The SMILES string of the molecule is CCCCCCC(NC)C(=O)N1CC(O)C1. The summed E-state index contributed by atoms with van der Waals surface area (Å²) < 4.78 is 0. The topological polar surface area (TPSA) is 52.6 Å². The Morgan fingerprint density at radius 2 is 2.12 bits per heavy atom. The standard InChI is InChI=1S/C12H24N2O2/c1-3-4-5-6-7-11(13-2)12(16)14-8-10(15)9-14/h10-11,13,15H,3-9H2,1-2H3. The van der Waals surface area contributed by atoms with Gasteiger partial charge in [-0.25, -0.2) is 0 Å². The third-order valence-corrected chi connectivity index (χ3v) is 3.17. The van der Waals surface area contributed by atoms with Gasteiger partial charge in [-0.1, -0.05) is 32.6 Å². The molecule has 0 aromatic rings. The zero-order valence-corrected chi connectivity index (χ0v) is 10.4. The van der Waals surface area contributed by atoms with Crippen LogP contribution in [0.3, 0.4) is 0 Å². The molecular formula is C12H24N2O2. The Kier molecular flexibility index (Phi) is 5.77. The Labute approximate surface area is 98.0 Å². The lowest BCUT2D eigenvalue weighted by molar-refractivity contribution is -0.143. The second kappa shape index (κ2) is 6.86. The summed E-state index contributed by atoms with van der Waals surface area (Å²) in [5, 5.41) is 12.2. The molecule has 16 heavy (non-hydrogen) atoms. The van der Waals surface area contributed by atoms with Crippen LogP contribution in [0.25, 0.3) is 0 Å². The number of hydrogen-bond acceptors (Lipinski definition) is 3. The number of hydrogen-bond donors (Lipinski definition) is 2. The second-order valence-corrected chi connectivity index (χ2v) is 4.59. The summed E-state index contributed by atoms with van der Waals surface area (Å²) in [6, 6.07) is -0.0654. The van der Waals surface area contributed by atoms with Crippen molar-refractivity contribution in [1.29, 1.82) is 0 Å². The number of rotatable bonds is 7. The maximum Gasteiger partial charge on any atom is 0.239 e. The average molecular weight is 228 g/mol. The van der Waals surface area contributed by atoms with Gasteiger partial charge in [0.25, 0.3) is 0 Å². The first-order valence-electron chi connectivity index (χ1n) is 6.33. The van der Waals surface area contributed by atoms with E-state index in [0.29, 0.717) is 13.1 Å². The molecule has 0 aromatic carbocycles. The number of aliphatic hydroxyl groups excluding tert-OH is 1. The highest BCUT2D eigenvalue weighted by atomic mass is 16.3. The van der Waals surface area contributed by atoms with Gasteiger partial charge in [0.15, 0.2) is 0 Å². The van der Waals surface area contributed by atoms with Crippen LogP contribution in [0.5, 0.6) is 0 Å².